The third kappa shape index (κ3) is 2.92. The maximum Gasteiger partial charge on any atom is 0.226 e. The number of benzene rings is 1. The van der Waals surface area contributed by atoms with Crippen LogP contribution in [-0.2, 0) is 9.84 Å². The second-order valence-corrected chi connectivity index (χ2v) is 9.79. The molecule has 29 heavy (non-hydrogen) atoms. The van der Waals surface area contributed by atoms with Crippen molar-refractivity contribution >= 4 is 31.9 Å². The number of sulfone groups is 1. The smallest absolute Gasteiger partial charge is 0.226 e. The Morgan fingerprint density at radius 3 is 2.62 bits per heavy atom. The summed E-state index contributed by atoms with van der Waals surface area (Å²) in [6.07, 6.45) is 4.52. The van der Waals surface area contributed by atoms with Gasteiger partial charge in [0.05, 0.1) is 16.5 Å². The summed E-state index contributed by atoms with van der Waals surface area (Å²) in [5.74, 6) is 0. The molecule has 2 N–H and O–H groups in total. The summed E-state index contributed by atoms with van der Waals surface area (Å²) in [7, 11) is -3.86. The minimum atomic E-state index is -3.86. The van der Waals surface area contributed by atoms with E-state index in [2.05, 4.69) is 20.3 Å². The highest BCUT2D eigenvalue weighted by molar-refractivity contribution is 7.91. The number of aromatic amines is 1. The molecule has 150 valence electrons. The molecule has 1 aliphatic carbocycles. The van der Waals surface area contributed by atoms with Crippen LogP contribution in [0.4, 0.5) is 0 Å². The summed E-state index contributed by atoms with van der Waals surface area (Å²) < 4.78 is 28.5. The van der Waals surface area contributed by atoms with E-state index >= 15 is 0 Å². The number of aromatic nitrogens is 5. The molecule has 5 rings (SSSR count). The summed E-state index contributed by atoms with van der Waals surface area (Å²) in [5, 5.41) is 18.3. The lowest BCUT2D eigenvalue weighted by molar-refractivity contribution is 0.00884. The first-order valence-corrected chi connectivity index (χ1v) is 11.1. The molecule has 0 radical (unpaired) electrons. The molecular formula is C20H21N5O3S. The van der Waals surface area contributed by atoms with Crippen molar-refractivity contribution in [2.75, 3.05) is 0 Å². The molecule has 0 aliphatic heterocycles. The fraction of sp³-hybridized carbons (Fsp3) is 0.350. The van der Waals surface area contributed by atoms with Crippen molar-refractivity contribution in [3.8, 4) is 0 Å². The van der Waals surface area contributed by atoms with Crippen molar-refractivity contribution in [3.05, 3.63) is 42.6 Å². The summed E-state index contributed by atoms with van der Waals surface area (Å²) >= 11 is 0. The second-order valence-electron chi connectivity index (χ2n) is 7.92. The maximum absolute atomic E-state index is 13.3. The fourth-order valence-electron chi connectivity index (χ4n) is 4.12. The van der Waals surface area contributed by atoms with Crippen LogP contribution in [0.25, 0.3) is 22.1 Å². The summed E-state index contributed by atoms with van der Waals surface area (Å²) in [6, 6.07) is 10.2. The van der Waals surface area contributed by atoms with E-state index in [0.717, 1.165) is 18.2 Å². The highest BCUT2D eigenvalue weighted by Crippen LogP contribution is 2.38. The van der Waals surface area contributed by atoms with Gasteiger partial charge in [0.1, 0.15) is 11.0 Å². The lowest BCUT2D eigenvalue weighted by Gasteiger charge is -2.33. The molecule has 8 nitrogen and oxygen atoms in total. The minimum Gasteiger partial charge on any atom is -0.390 e. The van der Waals surface area contributed by atoms with Crippen LogP contribution in [-0.4, -0.2) is 44.1 Å². The van der Waals surface area contributed by atoms with Gasteiger partial charge in [0, 0.05) is 11.6 Å². The number of nitrogens with zero attached hydrogens (tertiary/aromatic N) is 4. The number of H-pyrrole nitrogens is 1. The van der Waals surface area contributed by atoms with Gasteiger partial charge in [-0.2, -0.15) is 5.10 Å². The van der Waals surface area contributed by atoms with Crippen LogP contribution in [0.5, 0.6) is 0 Å². The Kier molecular flexibility index (Phi) is 4.01. The second kappa shape index (κ2) is 6.36. The van der Waals surface area contributed by atoms with Crippen LogP contribution < -0.4 is 0 Å². The van der Waals surface area contributed by atoms with E-state index in [1.165, 1.54) is 0 Å². The molecule has 0 amide bonds. The van der Waals surface area contributed by atoms with Crippen LogP contribution in [0.1, 0.15) is 38.6 Å². The molecule has 0 saturated heterocycles. The van der Waals surface area contributed by atoms with Gasteiger partial charge in [0.2, 0.25) is 9.84 Å². The molecular weight excluding hydrogens is 390 g/mol. The summed E-state index contributed by atoms with van der Waals surface area (Å²) in [6.45, 7) is 1.85. The third-order valence-electron chi connectivity index (χ3n) is 5.78. The molecule has 3 heterocycles. The van der Waals surface area contributed by atoms with E-state index in [9.17, 15) is 13.5 Å². The monoisotopic (exact) mass is 411 g/mol. The SMILES string of the molecule is CC1(O)CCC(n2[nH]nc3c(S(=O)(=O)c4ccccc4)nc4nccc4c32)CC1. The van der Waals surface area contributed by atoms with Gasteiger partial charge >= 0.3 is 0 Å². The topological polar surface area (TPSA) is 114 Å². The lowest BCUT2D eigenvalue weighted by Crippen LogP contribution is -2.31. The van der Waals surface area contributed by atoms with Crippen molar-refractivity contribution in [2.45, 2.75) is 54.2 Å². The number of hydrogen-bond acceptors (Lipinski definition) is 6. The van der Waals surface area contributed by atoms with Crippen molar-refractivity contribution < 1.29 is 13.5 Å². The predicted octanol–water partition coefficient (Wildman–Crippen LogP) is 3.01. The molecule has 0 atom stereocenters. The van der Waals surface area contributed by atoms with Gasteiger partial charge in [-0.3, -0.25) is 4.68 Å². The quantitative estimate of drug-likeness (QED) is 0.536. The van der Waals surface area contributed by atoms with Crippen LogP contribution in [0, 0.1) is 0 Å². The van der Waals surface area contributed by atoms with Gasteiger partial charge in [-0.15, -0.1) is 0 Å². The third-order valence-corrected chi connectivity index (χ3v) is 7.47. The molecule has 0 bridgehead atoms. The molecule has 0 spiro atoms. The van der Waals surface area contributed by atoms with E-state index in [4.69, 9.17) is 0 Å². The number of nitrogens with one attached hydrogen (secondary N) is 1. The Balaban J connectivity index is 1.72. The van der Waals surface area contributed by atoms with E-state index in [0.29, 0.717) is 29.5 Å². The molecule has 1 aromatic carbocycles. The summed E-state index contributed by atoms with van der Waals surface area (Å²) in [5.41, 5.74) is 0.721. The molecule has 4 aromatic rings. The number of aliphatic hydroxyl groups is 1. The average Bonchev–Trinajstić information content (AvgIpc) is 3.34. The standard InChI is InChI=1S/C20H21N5O3S/c1-20(26)10-7-13(8-11-20)25-17-15-9-12-21-18(15)22-19(16(17)23-24-25)29(27,28)14-5-3-2-4-6-14/h2-6,9,12-13,24,26H,7-8,10-11H2,1H3. The molecule has 1 saturated carbocycles. The van der Waals surface area contributed by atoms with Gasteiger partial charge < -0.3 is 5.11 Å². The number of hydrogen-bond donors (Lipinski definition) is 2. The minimum absolute atomic E-state index is 0.0907. The van der Waals surface area contributed by atoms with Gasteiger partial charge in [0.25, 0.3) is 0 Å². The fourth-order valence-corrected chi connectivity index (χ4v) is 5.46. The largest absolute Gasteiger partial charge is 0.390 e. The van der Waals surface area contributed by atoms with Crippen LogP contribution >= 0.6 is 0 Å². The van der Waals surface area contributed by atoms with Crippen molar-refractivity contribution in [3.63, 3.8) is 0 Å². The highest BCUT2D eigenvalue weighted by atomic mass is 32.2. The number of pyridine rings is 1. The molecule has 0 unspecified atom stereocenters. The Labute approximate surface area is 167 Å². The lowest BCUT2D eigenvalue weighted by atomic mass is 9.83. The number of fused-ring (bicyclic) bond motifs is 3. The van der Waals surface area contributed by atoms with Gasteiger partial charge in [-0.05, 0) is 50.8 Å². The van der Waals surface area contributed by atoms with Crippen molar-refractivity contribution in [1.82, 2.24) is 25.0 Å². The zero-order valence-electron chi connectivity index (χ0n) is 15.9. The van der Waals surface area contributed by atoms with Crippen LogP contribution in [0.2, 0.25) is 0 Å². The van der Waals surface area contributed by atoms with E-state index < -0.39 is 15.4 Å². The maximum atomic E-state index is 13.3. The van der Waals surface area contributed by atoms with Gasteiger partial charge in [-0.1, -0.05) is 18.2 Å². The van der Waals surface area contributed by atoms with E-state index in [-0.39, 0.29) is 16.0 Å². The van der Waals surface area contributed by atoms with Gasteiger partial charge in [0.15, 0.2) is 10.7 Å². The Bertz CT molecular complexity index is 1300. The van der Waals surface area contributed by atoms with Crippen LogP contribution in [0.15, 0.2) is 52.5 Å². The molecule has 1 fully saturated rings. The molecule has 3 aromatic heterocycles. The van der Waals surface area contributed by atoms with Crippen LogP contribution in [0.3, 0.4) is 0 Å². The summed E-state index contributed by atoms with van der Waals surface area (Å²) in [4.78, 5) is 8.78. The van der Waals surface area contributed by atoms with Crippen molar-refractivity contribution in [2.24, 2.45) is 0 Å². The Morgan fingerprint density at radius 2 is 1.90 bits per heavy atom. The zero-order chi connectivity index (χ0) is 20.2. The van der Waals surface area contributed by atoms with E-state index in [1.54, 1.807) is 36.5 Å². The molecule has 9 heteroatoms. The first-order chi connectivity index (χ1) is 13.9. The normalized spacial score (nSPS) is 23.0. The van der Waals surface area contributed by atoms with E-state index in [1.807, 2.05) is 17.7 Å². The number of rotatable bonds is 3. The first-order valence-electron chi connectivity index (χ1n) is 9.60. The Morgan fingerprint density at radius 1 is 1.17 bits per heavy atom. The average molecular weight is 411 g/mol. The van der Waals surface area contributed by atoms with Gasteiger partial charge in [-0.25, -0.2) is 23.6 Å². The first kappa shape index (κ1) is 18.3. The van der Waals surface area contributed by atoms with Crippen molar-refractivity contribution in [1.29, 1.82) is 0 Å². The Hall–Kier alpha value is -2.78. The predicted molar refractivity (Wildman–Crippen MR) is 107 cm³/mol. The highest BCUT2D eigenvalue weighted by Gasteiger charge is 2.32. The molecule has 1 aliphatic rings. The zero-order valence-corrected chi connectivity index (χ0v) is 16.7.